The SMILES string of the molecule is N#CCCCn1ccccc1=O. The Kier molecular flexibility index (Phi) is 3.09. The largest absolute Gasteiger partial charge is 0.316 e. The number of nitriles is 1. The van der Waals surface area contributed by atoms with Gasteiger partial charge in [-0.2, -0.15) is 5.26 Å². The Hall–Kier alpha value is -1.56. The van der Waals surface area contributed by atoms with Crippen LogP contribution < -0.4 is 5.56 Å². The lowest BCUT2D eigenvalue weighted by molar-refractivity contribution is 0.632. The summed E-state index contributed by atoms with van der Waals surface area (Å²) < 4.78 is 1.61. The fraction of sp³-hybridized carbons (Fsp3) is 0.333. The zero-order valence-corrected chi connectivity index (χ0v) is 6.73. The highest BCUT2D eigenvalue weighted by Gasteiger charge is 1.91. The molecule has 0 aromatic carbocycles. The van der Waals surface area contributed by atoms with E-state index in [4.69, 9.17) is 5.26 Å². The summed E-state index contributed by atoms with van der Waals surface area (Å²) in [6.45, 7) is 0.632. The van der Waals surface area contributed by atoms with Gasteiger partial charge < -0.3 is 4.57 Å². The Morgan fingerprint density at radius 2 is 2.33 bits per heavy atom. The number of pyridine rings is 1. The third kappa shape index (κ3) is 2.24. The number of rotatable bonds is 3. The normalized spacial score (nSPS) is 9.25. The van der Waals surface area contributed by atoms with Gasteiger partial charge in [-0.1, -0.05) is 6.07 Å². The first-order chi connectivity index (χ1) is 5.84. The third-order valence-corrected chi connectivity index (χ3v) is 1.59. The molecule has 0 unspecified atom stereocenters. The van der Waals surface area contributed by atoms with E-state index in [9.17, 15) is 4.79 Å². The van der Waals surface area contributed by atoms with E-state index in [1.54, 1.807) is 16.8 Å². The van der Waals surface area contributed by atoms with Crippen molar-refractivity contribution in [3.63, 3.8) is 0 Å². The summed E-state index contributed by atoms with van der Waals surface area (Å²) in [5.74, 6) is 0. The fourth-order valence-corrected chi connectivity index (χ4v) is 0.974. The monoisotopic (exact) mass is 162 g/mol. The van der Waals surface area contributed by atoms with Crippen LogP contribution in [0.3, 0.4) is 0 Å². The first-order valence-corrected chi connectivity index (χ1v) is 3.87. The lowest BCUT2D eigenvalue weighted by Gasteiger charge is -2.00. The van der Waals surface area contributed by atoms with E-state index in [1.807, 2.05) is 12.1 Å². The number of aryl methyl sites for hydroxylation is 1. The Bertz CT molecular complexity index is 335. The van der Waals surface area contributed by atoms with E-state index in [1.165, 1.54) is 6.07 Å². The molecule has 0 saturated heterocycles. The minimum absolute atomic E-state index is 0.00422. The van der Waals surface area contributed by atoms with Gasteiger partial charge in [0.15, 0.2) is 0 Å². The zero-order valence-electron chi connectivity index (χ0n) is 6.73. The summed E-state index contributed by atoms with van der Waals surface area (Å²) in [4.78, 5) is 11.1. The molecule has 62 valence electrons. The van der Waals surface area contributed by atoms with Crippen molar-refractivity contribution in [2.45, 2.75) is 19.4 Å². The number of hydrogen-bond acceptors (Lipinski definition) is 2. The lowest BCUT2D eigenvalue weighted by atomic mass is 10.3. The van der Waals surface area contributed by atoms with E-state index in [0.29, 0.717) is 13.0 Å². The highest BCUT2D eigenvalue weighted by Crippen LogP contribution is 1.90. The van der Waals surface area contributed by atoms with E-state index in [2.05, 4.69) is 0 Å². The van der Waals surface area contributed by atoms with Gasteiger partial charge in [-0.15, -0.1) is 0 Å². The van der Waals surface area contributed by atoms with Crippen LogP contribution >= 0.6 is 0 Å². The standard InChI is InChI=1S/C9H10N2O/c10-6-2-4-8-11-7-3-1-5-9(11)12/h1,3,5,7H,2,4,8H2. The molecule has 3 nitrogen and oxygen atoms in total. The Balaban J connectivity index is 2.59. The second-order valence-electron chi connectivity index (χ2n) is 2.49. The predicted octanol–water partition coefficient (Wildman–Crippen LogP) is 1.15. The molecule has 0 aliphatic rings. The van der Waals surface area contributed by atoms with Gasteiger partial charge in [0, 0.05) is 25.2 Å². The second-order valence-corrected chi connectivity index (χ2v) is 2.49. The topological polar surface area (TPSA) is 45.8 Å². The Morgan fingerprint density at radius 3 is 3.00 bits per heavy atom. The quantitative estimate of drug-likeness (QED) is 0.626. The van der Waals surface area contributed by atoms with Gasteiger partial charge in [0.25, 0.3) is 0 Å². The number of unbranched alkanes of at least 4 members (excludes halogenated alkanes) is 1. The minimum atomic E-state index is -0.00422. The summed E-state index contributed by atoms with van der Waals surface area (Å²) in [5, 5.41) is 8.28. The molecule has 0 atom stereocenters. The fourth-order valence-electron chi connectivity index (χ4n) is 0.974. The van der Waals surface area contributed by atoms with Crippen LogP contribution in [0.25, 0.3) is 0 Å². The molecule has 1 aromatic rings. The van der Waals surface area contributed by atoms with Gasteiger partial charge in [-0.05, 0) is 12.5 Å². The molecule has 0 radical (unpaired) electrons. The molecule has 1 aromatic heterocycles. The molecule has 0 aliphatic heterocycles. The zero-order chi connectivity index (χ0) is 8.81. The van der Waals surface area contributed by atoms with Gasteiger partial charge in [0.1, 0.15) is 0 Å². The maximum Gasteiger partial charge on any atom is 0.250 e. The molecule has 0 saturated carbocycles. The minimum Gasteiger partial charge on any atom is -0.316 e. The predicted molar refractivity (Wildman–Crippen MR) is 45.5 cm³/mol. The van der Waals surface area contributed by atoms with E-state index in [-0.39, 0.29) is 5.56 Å². The van der Waals surface area contributed by atoms with Crippen LogP contribution in [-0.2, 0) is 6.54 Å². The van der Waals surface area contributed by atoms with Gasteiger partial charge >= 0.3 is 0 Å². The van der Waals surface area contributed by atoms with Gasteiger partial charge in [-0.3, -0.25) is 4.79 Å². The van der Waals surface area contributed by atoms with Crippen molar-refractivity contribution in [2.75, 3.05) is 0 Å². The van der Waals surface area contributed by atoms with E-state index < -0.39 is 0 Å². The van der Waals surface area contributed by atoms with Crippen LogP contribution in [0.15, 0.2) is 29.2 Å². The van der Waals surface area contributed by atoms with Crippen LogP contribution in [0.1, 0.15) is 12.8 Å². The molecule has 0 fully saturated rings. The first-order valence-electron chi connectivity index (χ1n) is 3.87. The molecule has 0 amide bonds. The lowest BCUT2D eigenvalue weighted by Crippen LogP contribution is -2.17. The summed E-state index contributed by atoms with van der Waals surface area (Å²) in [5.41, 5.74) is -0.00422. The molecular formula is C9H10N2O. The Labute approximate surface area is 70.9 Å². The average Bonchev–Trinajstić information content (AvgIpc) is 2.09. The summed E-state index contributed by atoms with van der Waals surface area (Å²) in [7, 11) is 0. The highest BCUT2D eigenvalue weighted by atomic mass is 16.1. The second kappa shape index (κ2) is 4.35. The van der Waals surface area contributed by atoms with Crippen LogP contribution in [-0.4, -0.2) is 4.57 Å². The maximum absolute atomic E-state index is 11.1. The molecule has 0 aliphatic carbocycles. The molecule has 12 heavy (non-hydrogen) atoms. The third-order valence-electron chi connectivity index (χ3n) is 1.59. The van der Waals surface area contributed by atoms with Crippen molar-refractivity contribution in [3.8, 4) is 6.07 Å². The van der Waals surface area contributed by atoms with Gasteiger partial charge in [0.05, 0.1) is 6.07 Å². The number of hydrogen-bond donors (Lipinski definition) is 0. The van der Waals surface area contributed by atoms with Crippen molar-refractivity contribution in [3.05, 3.63) is 34.7 Å². The number of nitrogens with zero attached hydrogens (tertiary/aromatic N) is 2. The smallest absolute Gasteiger partial charge is 0.250 e. The van der Waals surface area contributed by atoms with E-state index in [0.717, 1.165) is 6.42 Å². The van der Waals surface area contributed by atoms with Crippen molar-refractivity contribution < 1.29 is 0 Å². The number of aromatic nitrogens is 1. The summed E-state index contributed by atoms with van der Waals surface area (Å²) in [6.07, 6.45) is 2.97. The van der Waals surface area contributed by atoms with E-state index >= 15 is 0 Å². The average molecular weight is 162 g/mol. The van der Waals surface area contributed by atoms with Crippen LogP contribution in [0.5, 0.6) is 0 Å². The molecule has 0 N–H and O–H groups in total. The van der Waals surface area contributed by atoms with Crippen molar-refractivity contribution in [1.82, 2.24) is 4.57 Å². The van der Waals surface area contributed by atoms with Crippen molar-refractivity contribution in [1.29, 1.82) is 5.26 Å². The van der Waals surface area contributed by atoms with Gasteiger partial charge in [0.2, 0.25) is 5.56 Å². The Morgan fingerprint density at radius 1 is 1.50 bits per heavy atom. The molecule has 3 heteroatoms. The summed E-state index contributed by atoms with van der Waals surface area (Å²) in [6, 6.07) is 7.09. The van der Waals surface area contributed by atoms with Crippen LogP contribution in [0.2, 0.25) is 0 Å². The molecular weight excluding hydrogens is 152 g/mol. The first kappa shape index (κ1) is 8.54. The van der Waals surface area contributed by atoms with Crippen LogP contribution in [0.4, 0.5) is 0 Å². The molecule has 1 heterocycles. The molecule has 1 rings (SSSR count). The molecule has 0 spiro atoms. The maximum atomic E-state index is 11.1. The molecule has 0 bridgehead atoms. The van der Waals surface area contributed by atoms with Gasteiger partial charge in [-0.25, -0.2) is 0 Å². The van der Waals surface area contributed by atoms with Crippen LogP contribution in [0, 0.1) is 11.3 Å². The van der Waals surface area contributed by atoms with Crippen molar-refractivity contribution >= 4 is 0 Å². The summed E-state index contributed by atoms with van der Waals surface area (Å²) >= 11 is 0. The van der Waals surface area contributed by atoms with Crippen molar-refractivity contribution in [2.24, 2.45) is 0 Å². The highest BCUT2D eigenvalue weighted by molar-refractivity contribution is 4.93.